The van der Waals surface area contributed by atoms with E-state index in [1.165, 1.54) is 17.2 Å². The first-order chi connectivity index (χ1) is 7.79. The Morgan fingerprint density at radius 1 is 0.842 bits per heavy atom. The second-order valence-corrected chi connectivity index (χ2v) is 16.9. The summed E-state index contributed by atoms with van der Waals surface area (Å²) in [7, 11) is -0.859. The molecular weight excluding hydrogens is 260 g/mol. The van der Waals surface area contributed by atoms with Gasteiger partial charge in [-0.3, -0.25) is 0 Å². The van der Waals surface area contributed by atoms with E-state index in [0.717, 1.165) is 5.92 Å². The second-order valence-electron chi connectivity index (χ2n) is 7.89. The molecule has 0 unspecified atom stereocenters. The Labute approximate surface area is 128 Å². The molecule has 0 radical (unpaired) electrons. The Morgan fingerprint density at radius 2 is 1.05 bits per heavy atom. The smallest absolute Gasteiger partial charge is 0.0445 e. The molecule has 0 N–H and O–H groups in total. The van der Waals surface area contributed by atoms with Gasteiger partial charge in [-0.05, 0) is 33.6 Å². The molecule has 0 aliphatic rings. The van der Waals surface area contributed by atoms with Crippen molar-refractivity contribution >= 4 is 16.9 Å². The molecule has 0 rings (SSSR count). The van der Waals surface area contributed by atoms with E-state index in [2.05, 4.69) is 80.8 Å². The average molecular weight is 305 g/mol. The summed E-state index contributed by atoms with van der Waals surface area (Å²) in [5.74, 6) is 0.904. The Morgan fingerprint density at radius 3 is 1.05 bits per heavy atom. The van der Waals surface area contributed by atoms with Gasteiger partial charge in [0.25, 0.3) is 0 Å². The van der Waals surface area contributed by atoms with Gasteiger partial charge < -0.3 is 0 Å². The Balaban J connectivity index is -0.0000000916. The van der Waals surface area contributed by atoms with Gasteiger partial charge in [0.15, 0.2) is 0 Å². The van der Waals surface area contributed by atoms with Crippen molar-refractivity contribution in [1.82, 2.24) is 0 Å². The Bertz CT molecular complexity index is 187. The van der Waals surface area contributed by atoms with Crippen molar-refractivity contribution in [2.45, 2.75) is 94.3 Å². The maximum Gasteiger partial charge on any atom is 0.0445 e. The van der Waals surface area contributed by atoms with Crippen LogP contribution >= 0.6 is 0 Å². The normalized spacial score (nSPS) is 9.79. The van der Waals surface area contributed by atoms with Crippen LogP contribution in [0, 0.1) is 5.92 Å². The first kappa shape index (κ1) is 27.5. The first-order valence-electron chi connectivity index (χ1n) is 7.40. The number of hydrogen-bond donors (Lipinski definition) is 0. The zero-order valence-electron chi connectivity index (χ0n) is 15.4. The van der Waals surface area contributed by atoms with E-state index in [4.69, 9.17) is 0 Å². The van der Waals surface area contributed by atoms with E-state index in [-0.39, 0.29) is 16.2 Å². The summed E-state index contributed by atoms with van der Waals surface area (Å²) in [6.45, 7) is 27.3. The van der Waals surface area contributed by atoms with Crippen molar-refractivity contribution in [3.8, 4) is 0 Å². The molecule has 0 spiro atoms. The molecule has 0 aliphatic heterocycles. The fourth-order valence-electron chi connectivity index (χ4n) is 1.22. The topological polar surface area (TPSA) is 0 Å². The predicted molar refractivity (Wildman–Crippen MR) is 104 cm³/mol. The highest BCUT2D eigenvalue weighted by Crippen LogP contribution is 2.14. The van der Waals surface area contributed by atoms with E-state index in [9.17, 15) is 0 Å². The minimum absolute atomic E-state index is 0. The minimum atomic E-state index is -0.720. The quantitative estimate of drug-likeness (QED) is 0.377. The molecule has 0 heterocycles. The van der Waals surface area contributed by atoms with Gasteiger partial charge in [0.2, 0.25) is 0 Å². The van der Waals surface area contributed by atoms with Crippen LogP contribution in [0.1, 0.15) is 49.0 Å². The summed E-state index contributed by atoms with van der Waals surface area (Å²) >= 11 is 0. The molecule has 19 heavy (non-hydrogen) atoms. The van der Waals surface area contributed by atoms with Crippen LogP contribution in [-0.2, 0) is 0 Å². The van der Waals surface area contributed by atoms with Crippen LogP contribution in [0.15, 0.2) is 11.1 Å². The van der Waals surface area contributed by atoms with Gasteiger partial charge in [-0.25, -0.2) is 0 Å². The maximum atomic E-state index is 2.42. The molecule has 0 aromatic rings. The third-order valence-corrected chi connectivity index (χ3v) is 4.06. The highest BCUT2D eigenvalue weighted by Gasteiger charge is 2.13. The minimum Gasteiger partial charge on any atom is -0.0778 e. The van der Waals surface area contributed by atoms with E-state index in [1.54, 1.807) is 0 Å². The molecule has 0 aromatic carbocycles. The van der Waals surface area contributed by atoms with Gasteiger partial charge >= 0.3 is 0 Å². The van der Waals surface area contributed by atoms with E-state index >= 15 is 0 Å². The lowest BCUT2D eigenvalue weighted by Crippen LogP contribution is -2.21. The van der Waals surface area contributed by atoms with Crippen molar-refractivity contribution in [3.63, 3.8) is 0 Å². The van der Waals surface area contributed by atoms with Crippen LogP contribution in [0.4, 0.5) is 0 Å². The summed E-state index contributed by atoms with van der Waals surface area (Å²) < 4.78 is 0. The molecule has 0 saturated carbocycles. The highest BCUT2D eigenvalue weighted by atomic mass is 28.3. The second kappa shape index (κ2) is 14.6. The van der Waals surface area contributed by atoms with Crippen molar-refractivity contribution < 1.29 is 0 Å². The van der Waals surface area contributed by atoms with Crippen molar-refractivity contribution in [1.29, 1.82) is 0 Å². The monoisotopic (exact) mass is 304 g/mol. The lowest BCUT2D eigenvalue weighted by molar-refractivity contribution is 0.721. The van der Waals surface area contributed by atoms with Gasteiger partial charge in [-0.1, -0.05) is 77.7 Å². The van der Waals surface area contributed by atoms with Crippen molar-refractivity contribution in [2.75, 3.05) is 0 Å². The first-order valence-corrected chi connectivity index (χ1v) is 14.6. The van der Waals surface area contributed by atoms with E-state index in [0.29, 0.717) is 0 Å². The van der Waals surface area contributed by atoms with Crippen LogP contribution < -0.4 is 0 Å². The van der Waals surface area contributed by atoms with Crippen LogP contribution in [0.5, 0.6) is 0 Å². The standard InChI is InChI=1S/C7H18Si.C6H12.C3H10Si.CH4/c1-7(2)6-8(3,4)5;1-5(2)6(3)4;1-4(2)3;/h7H,6H2,1-5H3;1-4H3;4H,1-3H3;1H4. The molecule has 0 amide bonds. The van der Waals surface area contributed by atoms with E-state index < -0.39 is 8.07 Å². The highest BCUT2D eigenvalue weighted by molar-refractivity contribution is 6.76. The molecule has 0 atom stereocenters. The molecule has 0 aromatic heterocycles. The van der Waals surface area contributed by atoms with Gasteiger partial charge in [0, 0.05) is 16.9 Å². The van der Waals surface area contributed by atoms with Crippen LogP contribution in [0.25, 0.3) is 0 Å². The molecule has 0 aliphatic carbocycles. The summed E-state index contributed by atoms with van der Waals surface area (Å²) in [6.07, 6.45) is 0. The predicted octanol–water partition coefficient (Wildman–Crippen LogP) is 7.08. The number of allylic oxidation sites excluding steroid dienone is 2. The Hall–Kier alpha value is 0.174. The third kappa shape index (κ3) is 56.5. The molecule has 0 saturated heterocycles. The maximum absolute atomic E-state index is 2.42. The van der Waals surface area contributed by atoms with Crippen LogP contribution in [0.3, 0.4) is 0 Å². The number of rotatable bonds is 2. The lowest BCUT2D eigenvalue weighted by Gasteiger charge is -2.17. The third-order valence-electron chi connectivity index (χ3n) is 2.02. The Kier molecular flexibility index (Phi) is 21.1. The summed E-state index contributed by atoms with van der Waals surface area (Å²) in [6, 6.07) is 1.47. The van der Waals surface area contributed by atoms with Crippen LogP contribution in [0.2, 0.25) is 45.3 Å². The van der Waals surface area contributed by atoms with Gasteiger partial charge in [0.05, 0.1) is 0 Å². The molecular formula is C17H44Si2. The van der Waals surface area contributed by atoms with Crippen LogP contribution in [-0.4, -0.2) is 16.9 Å². The van der Waals surface area contributed by atoms with Gasteiger partial charge in [0.1, 0.15) is 0 Å². The molecule has 120 valence electrons. The zero-order valence-corrected chi connectivity index (χ0v) is 17.5. The van der Waals surface area contributed by atoms with Crippen molar-refractivity contribution in [2.24, 2.45) is 5.92 Å². The molecule has 2 heteroatoms. The zero-order chi connectivity index (χ0) is 15.5. The van der Waals surface area contributed by atoms with Crippen molar-refractivity contribution in [3.05, 3.63) is 11.1 Å². The summed E-state index contributed by atoms with van der Waals surface area (Å²) in [5.41, 5.74) is 2.85. The fraction of sp³-hybridized carbons (Fsp3) is 0.882. The SMILES string of the molecule is C.CC(C)=C(C)C.CC(C)C[Si](C)(C)C.C[SiH](C)C. The lowest BCUT2D eigenvalue weighted by atomic mass is 10.2. The largest absolute Gasteiger partial charge is 0.0778 e. The van der Waals surface area contributed by atoms with Gasteiger partial charge in [-0.15, -0.1) is 0 Å². The molecule has 0 bridgehead atoms. The molecule has 0 nitrogen and oxygen atoms in total. The summed E-state index contributed by atoms with van der Waals surface area (Å²) in [4.78, 5) is 0. The average Bonchev–Trinajstić information content (AvgIpc) is 1.97. The van der Waals surface area contributed by atoms with E-state index in [1.807, 2.05) is 0 Å². The fourth-order valence-corrected chi connectivity index (χ4v) is 3.67. The number of hydrogen-bond acceptors (Lipinski definition) is 0. The van der Waals surface area contributed by atoms with Gasteiger partial charge in [-0.2, -0.15) is 0 Å². The summed E-state index contributed by atoms with van der Waals surface area (Å²) in [5, 5.41) is 0. The molecule has 0 fully saturated rings.